The fraction of sp³-hybridized carbons (Fsp3) is 0.520. The van der Waals surface area contributed by atoms with E-state index in [1.165, 1.54) is 12.8 Å². The molecular formula is C25H31N3O5. The van der Waals surface area contributed by atoms with Crippen LogP contribution in [0.2, 0.25) is 0 Å². The zero-order valence-electron chi connectivity index (χ0n) is 18.7. The Kier molecular flexibility index (Phi) is 6.26. The molecule has 1 saturated heterocycles. The second-order valence-corrected chi connectivity index (χ2v) is 9.35. The number of rotatable bonds is 7. The first-order valence-electron chi connectivity index (χ1n) is 11.8. The van der Waals surface area contributed by atoms with Gasteiger partial charge in [0.2, 0.25) is 0 Å². The van der Waals surface area contributed by atoms with E-state index in [0.717, 1.165) is 17.9 Å². The average Bonchev–Trinajstić information content (AvgIpc) is 3.66. The van der Waals surface area contributed by atoms with Crippen molar-refractivity contribution >= 4 is 11.9 Å². The third-order valence-corrected chi connectivity index (χ3v) is 6.60. The Labute approximate surface area is 193 Å². The molecule has 0 radical (unpaired) electrons. The van der Waals surface area contributed by atoms with Gasteiger partial charge in [-0.15, -0.1) is 0 Å². The summed E-state index contributed by atoms with van der Waals surface area (Å²) < 4.78 is 17.3. The maximum absolute atomic E-state index is 12.4. The fourth-order valence-corrected chi connectivity index (χ4v) is 4.31. The third kappa shape index (κ3) is 5.68. The van der Waals surface area contributed by atoms with Crippen molar-refractivity contribution in [2.75, 3.05) is 31.6 Å². The molecule has 176 valence electrons. The molecule has 8 heteroatoms. The van der Waals surface area contributed by atoms with Crippen molar-refractivity contribution in [1.29, 1.82) is 0 Å². The molecule has 1 saturated carbocycles. The van der Waals surface area contributed by atoms with Gasteiger partial charge in [0.15, 0.2) is 11.5 Å². The van der Waals surface area contributed by atoms with Gasteiger partial charge in [-0.25, -0.2) is 9.78 Å². The molecule has 1 atom stereocenters. The number of aliphatic hydroxyl groups is 1. The van der Waals surface area contributed by atoms with Gasteiger partial charge in [-0.05, 0) is 30.7 Å². The van der Waals surface area contributed by atoms with Gasteiger partial charge in [0.1, 0.15) is 25.1 Å². The highest BCUT2D eigenvalue weighted by Crippen LogP contribution is 2.39. The summed E-state index contributed by atoms with van der Waals surface area (Å²) in [5.41, 5.74) is 0.0361. The normalized spacial score (nSPS) is 21.4. The summed E-state index contributed by atoms with van der Waals surface area (Å²) in [5.74, 6) is 2.78. The van der Waals surface area contributed by atoms with E-state index in [1.807, 2.05) is 36.4 Å². The van der Waals surface area contributed by atoms with Gasteiger partial charge >= 0.3 is 6.09 Å². The Bertz CT molecular complexity index is 958. The summed E-state index contributed by atoms with van der Waals surface area (Å²) in [4.78, 5) is 18.4. The van der Waals surface area contributed by atoms with E-state index in [9.17, 15) is 9.90 Å². The molecule has 8 nitrogen and oxygen atoms in total. The van der Waals surface area contributed by atoms with E-state index < -0.39 is 5.60 Å². The number of piperidine rings is 1. The highest BCUT2D eigenvalue weighted by Gasteiger charge is 2.35. The number of benzene rings is 1. The van der Waals surface area contributed by atoms with Crippen LogP contribution in [0.15, 0.2) is 42.6 Å². The average molecular weight is 454 g/mol. The molecule has 0 bridgehead atoms. The number of likely N-dealkylation sites (tertiary alicyclic amines) is 1. The molecule has 1 aliphatic carbocycles. The van der Waals surface area contributed by atoms with Crippen LogP contribution >= 0.6 is 0 Å². The number of hydrogen-bond donors (Lipinski definition) is 2. The van der Waals surface area contributed by atoms with E-state index in [1.54, 1.807) is 11.1 Å². The quantitative estimate of drug-likeness (QED) is 0.662. The number of nitrogens with one attached hydrogen (secondary N) is 1. The molecule has 0 spiro atoms. The second-order valence-electron chi connectivity index (χ2n) is 9.35. The summed E-state index contributed by atoms with van der Waals surface area (Å²) >= 11 is 0. The SMILES string of the molecule is O=C(OCc1ccccc1)N1CCC(O)(CNc2cc3c(cn2)OCC(CC2CC2)O3)CC1. The number of anilines is 1. The molecule has 3 aliphatic rings. The molecule has 1 aromatic heterocycles. The summed E-state index contributed by atoms with van der Waals surface area (Å²) in [5, 5.41) is 14.2. The van der Waals surface area contributed by atoms with E-state index in [-0.39, 0.29) is 18.8 Å². The Balaban J connectivity index is 1.09. The smallest absolute Gasteiger partial charge is 0.410 e. The molecule has 1 unspecified atom stereocenters. The topological polar surface area (TPSA) is 93.2 Å². The number of fused-ring (bicyclic) bond motifs is 1. The van der Waals surface area contributed by atoms with Crippen molar-refractivity contribution < 1.29 is 24.1 Å². The van der Waals surface area contributed by atoms with Crippen LogP contribution in [0.5, 0.6) is 11.5 Å². The van der Waals surface area contributed by atoms with Crippen LogP contribution in [0.1, 0.15) is 37.7 Å². The number of pyridine rings is 1. The maximum Gasteiger partial charge on any atom is 0.410 e. The molecule has 3 heterocycles. The van der Waals surface area contributed by atoms with Crippen molar-refractivity contribution in [3.05, 3.63) is 48.2 Å². The van der Waals surface area contributed by atoms with E-state index in [2.05, 4.69) is 10.3 Å². The third-order valence-electron chi connectivity index (χ3n) is 6.60. The van der Waals surface area contributed by atoms with E-state index in [0.29, 0.717) is 56.4 Å². The molecule has 2 aromatic rings. The molecular weight excluding hydrogens is 422 g/mol. The number of nitrogens with zero attached hydrogens (tertiary/aromatic N) is 2. The summed E-state index contributed by atoms with van der Waals surface area (Å²) in [6.45, 7) is 2.06. The lowest BCUT2D eigenvalue weighted by Crippen LogP contribution is -2.50. The first-order chi connectivity index (χ1) is 16.1. The largest absolute Gasteiger partial charge is 0.484 e. The lowest BCUT2D eigenvalue weighted by atomic mass is 9.91. The van der Waals surface area contributed by atoms with Crippen LogP contribution in [0.4, 0.5) is 10.6 Å². The van der Waals surface area contributed by atoms with Crippen molar-refractivity contribution in [2.45, 2.75) is 50.4 Å². The number of ether oxygens (including phenoxy) is 3. The highest BCUT2D eigenvalue weighted by molar-refractivity contribution is 5.67. The van der Waals surface area contributed by atoms with Crippen molar-refractivity contribution in [1.82, 2.24) is 9.88 Å². The van der Waals surface area contributed by atoms with Gasteiger partial charge in [0, 0.05) is 25.7 Å². The Morgan fingerprint density at radius 2 is 2.00 bits per heavy atom. The monoisotopic (exact) mass is 453 g/mol. The van der Waals surface area contributed by atoms with Crippen LogP contribution in [-0.2, 0) is 11.3 Å². The van der Waals surface area contributed by atoms with Crippen LogP contribution in [0, 0.1) is 5.92 Å². The molecule has 1 amide bonds. The van der Waals surface area contributed by atoms with Gasteiger partial charge in [0.25, 0.3) is 0 Å². The minimum Gasteiger partial charge on any atom is -0.484 e. The van der Waals surface area contributed by atoms with Gasteiger partial charge in [0.05, 0.1) is 11.8 Å². The minimum absolute atomic E-state index is 0.0930. The number of carbonyl (C=O) groups excluding carboxylic acids is 1. The molecule has 2 fully saturated rings. The Morgan fingerprint density at radius 3 is 2.76 bits per heavy atom. The molecule has 2 aliphatic heterocycles. The van der Waals surface area contributed by atoms with Crippen LogP contribution < -0.4 is 14.8 Å². The fourth-order valence-electron chi connectivity index (χ4n) is 4.31. The minimum atomic E-state index is -0.917. The van der Waals surface area contributed by atoms with Gasteiger partial charge in [-0.2, -0.15) is 0 Å². The van der Waals surface area contributed by atoms with Crippen molar-refractivity contribution in [3.8, 4) is 11.5 Å². The van der Waals surface area contributed by atoms with Gasteiger partial charge in [-0.1, -0.05) is 43.2 Å². The Hall–Kier alpha value is -3.00. The van der Waals surface area contributed by atoms with E-state index in [4.69, 9.17) is 14.2 Å². The summed E-state index contributed by atoms with van der Waals surface area (Å²) in [6.07, 6.45) is 5.96. The molecule has 1 aromatic carbocycles. The van der Waals surface area contributed by atoms with Crippen molar-refractivity contribution in [3.63, 3.8) is 0 Å². The lowest BCUT2D eigenvalue weighted by Gasteiger charge is -2.37. The second kappa shape index (κ2) is 9.47. The molecule has 5 rings (SSSR count). The zero-order chi connectivity index (χ0) is 22.7. The van der Waals surface area contributed by atoms with Crippen molar-refractivity contribution in [2.24, 2.45) is 5.92 Å². The van der Waals surface area contributed by atoms with Gasteiger partial charge in [-0.3, -0.25) is 0 Å². The van der Waals surface area contributed by atoms with Gasteiger partial charge < -0.3 is 29.5 Å². The van der Waals surface area contributed by atoms with Crippen LogP contribution in [-0.4, -0.2) is 59.0 Å². The highest BCUT2D eigenvalue weighted by atomic mass is 16.6. The predicted molar refractivity (Wildman–Crippen MR) is 122 cm³/mol. The van der Waals surface area contributed by atoms with Crippen LogP contribution in [0.3, 0.4) is 0 Å². The Morgan fingerprint density at radius 1 is 1.21 bits per heavy atom. The van der Waals surface area contributed by atoms with E-state index >= 15 is 0 Å². The molecule has 2 N–H and O–H groups in total. The molecule has 33 heavy (non-hydrogen) atoms. The summed E-state index contributed by atoms with van der Waals surface area (Å²) in [6, 6.07) is 11.5. The number of hydrogen-bond acceptors (Lipinski definition) is 7. The number of carbonyl (C=O) groups is 1. The zero-order valence-corrected chi connectivity index (χ0v) is 18.7. The predicted octanol–water partition coefficient (Wildman–Crippen LogP) is 3.60. The van der Waals surface area contributed by atoms with Crippen LogP contribution in [0.25, 0.3) is 0 Å². The first kappa shape index (κ1) is 21.8. The summed E-state index contributed by atoms with van der Waals surface area (Å²) in [7, 11) is 0. The maximum atomic E-state index is 12.4. The lowest BCUT2D eigenvalue weighted by molar-refractivity contribution is -0.0111. The standard InChI is InChI=1S/C25H31N3O5/c29-24(32-15-19-4-2-1-3-5-19)28-10-8-25(30,9-11-28)17-27-23-13-21-22(14-26-23)31-16-20(33-21)12-18-6-7-18/h1-5,13-14,18,20,30H,6-12,15-17H2,(H,26,27). The first-order valence-corrected chi connectivity index (χ1v) is 11.8. The number of amides is 1. The number of aromatic nitrogens is 1.